The predicted molar refractivity (Wildman–Crippen MR) is 63.5 cm³/mol. The summed E-state index contributed by atoms with van der Waals surface area (Å²) in [6, 6.07) is 3.42. The number of pyridine rings is 1. The molecule has 1 aliphatic carbocycles. The van der Waals surface area contributed by atoms with Crippen LogP contribution in [-0.2, 0) is 0 Å². The molecule has 1 N–H and O–H groups in total. The monoisotopic (exact) mass is 230 g/mol. The Hall–Kier alpha value is -1.84. The fourth-order valence-corrected chi connectivity index (χ4v) is 2.21. The highest BCUT2D eigenvalue weighted by atomic mass is 16.3. The van der Waals surface area contributed by atoms with E-state index in [1.54, 1.807) is 22.8 Å². The van der Waals surface area contributed by atoms with E-state index < -0.39 is 0 Å². The Balaban J connectivity index is 2.24. The smallest absolute Gasteiger partial charge is 0.166 e. The van der Waals surface area contributed by atoms with Gasteiger partial charge in [0, 0.05) is 12.3 Å². The zero-order valence-electron chi connectivity index (χ0n) is 9.68. The van der Waals surface area contributed by atoms with Gasteiger partial charge in [-0.1, -0.05) is 6.92 Å². The van der Waals surface area contributed by atoms with Crippen molar-refractivity contribution in [2.45, 2.75) is 32.1 Å². The lowest BCUT2D eigenvalue weighted by molar-refractivity contribution is 0.0989. The van der Waals surface area contributed by atoms with Gasteiger partial charge in [-0.3, -0.25) is 4.79 Å². The Labute approximate surface area is 98.9 Å². The molecule has 2 aromatic rings. The Bertz CT molecular complexity index is 597. The Kier molecular flexibility index (Phi) is 2.18. The second-order valence-electron chi connectivity index (χ2n) is 4.51. The molecule has 0 unspecified atom stereocenters. The molecule has 1 saturated carbocycles. The maximum absolute atomic E-state index is 11.8. The van der Waals surface area contributed by atoms with E-state index in [-0.39, 0.29) is 11.5 Å². The molecule has 17 heavy (non-hydrogen) atoms. The van der Waals surface area contributed by atoms with Crippen molar-refractivity contribution >= 4 is 11.3 Å². The lowest BCUT2D eigenvalue weighted by Crippen LogP contribution is -1.99. The van der Waals surface area contributed by atoms with Crippen molar-refractivity contribution in [1.82, 2.24) is 9.61 Å². The summed E-state index contributed by atoms with van der Waals surface area (Å²) in [5.74, 6) is 0.759. The number of carbonyl (C=O) groups is 1. The number of aromatic nitrogens is 2. The first-order chi connectivity index (χ1) is 8.22. The van der Waals surface area contributed by atoms with E-state index in [0.29, 0.717) is 17.9 Å². The molecule has 3 rings (SSSR count). The molecule has 2 aromatic heterocycles. The first-order valence-electron chi connectivity index (χ1n) is 5.95. The maximum Gasteiger partial charge on any atom is 0.166 e. The molecule has 1 aliphatic rings. The molecule has 0 radical (unpaired) electrons. The van der Waals surface area contributed by atoms with Gasteiger partial charge in [0.15, 0.2) is 5.78 Å². The predicted octanol–water partition coefficient (Wildman–Crippen LogP) is 2.51. The van der Waals surface area contributed by atoms with Gasteiger partial charge in [0.1, 0.15) is 5.75 Å². The normalized spacial score (nSPS) is 15.4. The van der Waals surface area contributed by atoms with Gasteiger partial charge in [0.25, 0.3) is 0 Å². The maximum atomic E-state index is 11.8. The zero-order chi connectivity index (χ0) is 12.0. The largest absolute Gasteiger partial charge is 0.506 e. The first kappa shape index (κ1) is 10.3. The standard InChI is InChI=1S/C13H14N2O2/c1-2-11(16)9-7-14-15-10(9)5-6-12(17)13(15)8-3-4-8/h5-8,17H,2-4H2,1H3. The van der Waals surface area contributed by atoms with Gasteiger partial charge >= 0.3 is 0 Å². The molecular weight excluding hydrogens is 216 g/mol. The van der Waals surface area contributed by atoms with Gasteiger partial charge in [-0.2, -0.15) is 5.10 Å². The van der Waals surface area contributed by atoms with Crippen molar-refractivity contribution in [3.63, 3.8) is 0 Å². The second-order valence-corrected chi connectivity index (χ2v) is 4.51. The van der Waals surface area contributed by atoms with Crippen LogP contribution in [0.5, 0.6) is 5.75 Å². The van der Waals surface area contributed by atoms with Crippen molar-refractivity contribution in [3.8, 4) is 5.75 Å². The molecule has 4 heteroatoms. The molecule has 88 valence electrons. The minimum Gasteiger partial charge on any atom is -0.506 e. The van der Waals surface area contributed by atoms with E-state index in [1.807, 2.05) is 6.92 Å². The molecule has 0 atom stereocenters. The van der Waals surface area contributed by atoms with Crippen LogP contribution in [0.3, 0.4) is 0 Å². The van der Waals surface area contributed by atoms with Gasteiger partial charge in [-0.25, -0.2) is 4.52 Å². The molecule has 2 heterocycles. The summed E-state index contributed by atoms with van der Waals surface area (Å²) in [4.78, 5) is 11.8. The second kappa shape index (κ2) is 3.58. The van der Waals surface area contributed by atoms with Gasteiger partial charge in [-0.15, -0.1) is 0 Å². The van der Waals surface area contributed by atoms with Gasteiger partial charge in [0.2, 0.25) is 0 Å². The summed E-state index contributed by atoms with van der Waals surface area (Å²) in [6.07, 6.45) is 4.25. The third-order valence-corrected chi connectivity index (χ3v) is 3.28. The summed E-state index contributed by atoms with van der Waals surface area (Å²) in [5, 5.41) is 14.1. The molecule has 0 amide bonds. The molecular formula is C13H14N2O2. The minimum absolute atomic E-state index is 0.0902. The number of hydrogen-bond acceptors (Lipinski definition) is 3. The van der Waals surface area contributed by atoms with Crippen molar-refractivity contribution < 1.29 is 9.90 Å². The molecule has 0 saturated heterocycles. The fraction of sp³-hybridized carbons (Fsp3) is 0.385. The molecule has 1 fully saturated rings. The van der Waals surface area contributed by atoms with E-state index >= 15 is 0 Å². The van der Waals surface area contributed by atoms with Crippen LogP contribution in [0.25, 0.3) is 5.52 Å². The van der Waals surface area contributed by atoms with E-state index in [1.165, 1.54) is 0 Å². The number of nitrogens with zero attached hydrogens (tertiary/aromatic N) is 2. The van der Waals surface area contributed by atoms with Crippen LogP contribution in [0.2, 0.25) is 0 Å². The van der Waals surface area contributed by atoms with E-state index in [2.05, 4.69) is 5.10 Å². The van der Waals surface area contributed by atoms with Crippen molar-refractivity contribution in [2.75, 3.05) is 0 Å². The fourth-order valence-electron chi connectivity index (χ4n) is 2.21. The lowest BCUT2D eigenvalue weighted by Gasteiger charge is -2.06. The Morgan fingerprint density at radius 1 is 1.53 bits per heavy atom. The van der Waals surface area contributed by atoms with E-state index in [9.17, 15) is 9.90 Å². The first-order valence-corrected chi connectivity index (χ1v) is 5.95. The average molecular weight is 230 g/mol. The highest BCUT2D eigenvalue weighted by molar-refractivity contribution is 6.02. The lowest BCUT2D eigenvalue weighted by atomic mass is 10.1. The number of hydrogen-bond donors (Lipinski definition) is 1. The molecule has 0 bridgehead atoms. The summed E-state index contributed by atoms with van der Waals surface area (Å²) in [6.45, 7) is 1.84. The molecule has 0 spiro atoms. The number of Topliss-reactive ketones (excluding diaryl/α,β-unsaturated/α-hetero) is 1. The quantitative estimate of drug-likeness (QED) is 0.824. The van der Waals surface area contributed by atoms with Gasteiger partial charge < -0.3 is 5.11 Å². The molecule has 0 aliphatic heterocycles. The van der Waals surface area contributed by atoms with Crippen LogP contribution in [-0.4, -0.2) is 20.5 Å². The Morgan fingerprint density at radius 3 is 2.94 bits per heavy atom. The zero-order valence-corrected chi connectivity index (χ0v) is 9.68. The third kappa shape index (κ3) is 1.52. The van der Waals surface area contributed by atoms with Crippen molar-refractivity contribution in [1.29, 1.82) is 0 Å². The minimum atomic E-state index is 0.0902. The highest BCUT2D eigenvalue weighted by Gasteiger charge is 2.30. The number of carbonyl (C=O) groups excluding carboxylic acids is 1. The topological polar surface area (TPSA) is 54.6 Å². The highest BCUT2D eigenvalue weighted by Crippen LogP contribution is 2.44. The number of ketones is 1. The number of aromatic hydroxyl groups is 1. The summed E-state index contributed by atoms with van der Waals surface area (Å²) in [5.41, 5.74) is 2.30. The SMILES string of the molecule is CCC(=O)c1cnn2c(C3CC3)c(O)ccc12. The van der Waals surface area contributed by atoms with Crippen molar-refractivity contribution in [3.05, 3.63) is 29.6 Å². The van der Waals surface area contributed by atoms with Crippen LogP contribution >= 0.6 is 0 Å². The van der Waals surface area contributed by atoms with E-state index in [4.69, 9.17) is 0 Å². The third-order valence-electron chi connectivity index (χ3n) is 3.28. The number of fused-ring (bicyclic) bond motifs is 1. The molecule has 4 nitrogen and oxygen atoms in total. The van der Waals surface area contributed by atoms with Crippen molar-refractivity contribution in [2.24, 2.45) is 0 Å². The van der Waals surface area contributed by atoms with Crippen LogP contribution in [0.4, 0.5) is 0 Å². The van der Waals surface area contributed by atoms with Gasteiger partial charge in [0.05, 0.1) is 23.0 Å². The van der Waals surface area contributed by atoms with Crippen LogP contribution in [0.1, 0.15) is 48.2 Å². The molecule has 0 aromatic carbocycles. The Morgan fingerprint density at radius 2 is 2.29 bits per heavy atom. The van der Waals surface area contributed by atoms with E-state index in [0.717, 1.165) is 24.1 Å². The number of rotatable bonds is 3. The van der Waals surface area contributed by atoms with Crippen LogP contribution < -0.4 is 0 Å². The van der Waals surface area contributed by atoms with Crippen LogP contribution in [0.15, 0.2) is 18.3 Å². The van der Waals surface area contributed by atoms with Gasteiger partial charge in [-0.05, 0) is 25.0 Å². The summed E-state index contributed by atoms with van der Waals surface area (Å²) in [7, 11) is 0. The average Bonchev–Trinajstić information content (AvgIpc) is 3.07. The summed E-state index contributed by atoms with van der Waals surface area (Å²) < 4.78 is 1.72. The summed E-state index contributed by atoms with van der Waals surface area (Å²) >= 11 is 0. The van der Waals surface area contributed by atoms with Crippen LogP contribution in [0, 0.1) is 0 Å².